The summed E-state index contributed by atoms with van der Waals surface area (Å²) in [5, 5.41) is 0. The van der Waals surface area contributed by atoms with Crippen LogP contribution in [0, 0.1) is 10.7 Å². The quantitative estimate of drug-likeness (QED) is 0.225. The van der Waals surface area contributed by atoms with E-state index >= 15 is 0 Å². The Balaban J connectivity index is 2.21. The first-order valence-corrected chi connectivity index (χ1v) is 9.96. The molecule has 3 aromatic rings. The number of nitrogens with zero attached hydrogens (tertiary/aromatic N) is 1. The number of benzene rings is 3. The van der Waals surface area contributed by atoms with Gasteiger partial charge in [-0.25, -0.2) is 0 Å². The van der Waals surface area contributed by atoms with Gasteiger partial charge in [-0.3, -0.25) is 0 Å². The number of halogens is 3. The third kappa shape index (κ3) is 3.43. The second kappa shape index (κ2) is 7.48. The zero-order chi connectivity index (χ0) is 15.5. The maximum absolute atomic E-state index is 2.45. The molecule has 3 aromatic carbocycles. The van der Waals surface area contributed by atoms with Gasteiger partial charge >= 0.3 is 0 Å². The molecule has 0 saturated carbocycles. The van der Waals surface area contributed by atoms with E-state index in [4.69, 9.17) is 0 Å². The van der Waals surface area contributed by atoms with Crippen LogP contribution in [0.5, 0.6) is 0 Å². The summed E-state index contributed by atoms with van der Waals surface area (Å²) < 4.78 is 3.86. The standard InChI is InChI=1S/C18H12I3N/c19-15-11-12-16(18(21)17(15)20)22(13-7-3-1-4-8-13)14-9-5-2-6-10-14/h1-12H. The van der Waals surface area contributed by atoms with Crippen LogP contribution in [0.1, 0.15) is 0 Å². The van der Waals surface area contributed by atoms with Gasteiger partial charge in [-0.2, -0.15) is 0 Å². The SMILES string of the molecule is Ic1ccc(N(c2ccccc2)c2ccccc2)c(I)c1I. The molecule has 3 rings (SSSR count). The predicted molar refractivity (Wildman–Crippen MR) is 119 cm³/mol. The van der Waals surface area contributed by atoms with Crippen molar-refractivity contribution in [2.24, 2.45) is 0 Å². The second-order valence-electron chi connectivity index (χ2n) is 4.70. The molecule has 0 atom stereocenters. The van der Waals surface area contributed by atoms with Crippen molar-refractivity contribution in [3.63, 3.8) is 0 Å². The molecule has 22 heavy (non-hydrogen) atoms. The molecule has 0 amide bonds. The average Bonchev–Trinajstić information content (AvgIpc) is 2.57. The first-order valence-electron chi connectivity index (χ1n) is 6.72. The van der Waals surface area contributed by atoms with E-state index < -0.39 is 0 Å². The van der Waals surface area contributed by atoms with Gasteiger partial charge in [-0.15, -0.1) is 0 Å². The Labute approximate surface area is 171 Å². The van der Waals surface area contributed by atoms with Crippen molar-refractivity contribution >= 4 is 84.8 Å². The third-order valence-electron chi connectivity index (χ3n) is 3.28. The van der Waals surface area contributed by atoms with Crippen LogP contribution >= 0.6 is 67.8 Å². The molecule has 110 valence electrons. The molecule has 0 radical (unpaired) electrons. The smallest absolute Gasteiger partial charge is 0.0606 e. The zero-order valence-corrected chi connectivity index (χ0v) is 18.0. The van der Waals surface area contributed by atoms with Crippen LogP contribution in [0.25, 0.3) is 0 Å². The van der Waals surface area contributed by atoms with Crippen molar-refractivity contribution in [3.8, 4) is 0 Å². The van der Waals surface area contributed by atoms with Crippen LogP contribution in [0.4, 0.5) is 17.1 Å². The highest BCUT2D eigenvalue weighted by Crippen LogP contribution is 2.39. The Morgan fingerprint density at radius 1 is 0.545 bits per heavy atom. The van der Waals surface area contributed by atoms with Crippen LogP contribution in [-0.4, -0.2) is 0 Å². The molecule has 0 unspecified atom stereocenters. The Morgan fingerprint density at radius 2 is 1.05 bits per heavy atom. The molecular formula is C18H12I3N. The van der Waals surface area contributed by atoms with Gasteiger partial charge in [-0.1, -0.05) is 36.4 Å². The lowest BCUT2D eigenvalue weighted by Crippen LogP contribution is -2.12. The van der Waals surface area contributed by atoms with E-state index in [1.807, 2.05) is 0 Å². The van der Waals surface area contributed by atoms with Crippen molar-refractivity contribution in [2.45, 2.75) is 0 Å². The zero-order valence-electron chi connectivity index (χ0n) is 11.5. The van der Waals surface area contributed by atoms with Crippen molar-refractivity contribution < 1.29 is 0 Å². The van der Waals surface area contributed by atoms with E-state index in [0.717, 1.165) is 0 Å². The molecule has 0 heterocycles. The normalized spacial score (nSPS) is 10.5. The highest BCUT2D eigenvalue weighted by atomic mass is 127. The van der Waals surface area contributed by atoms with Crippen LogP contribution in [0.2, 0.25) is 0 Å². The highest BCUT2D eigenvalue weighted by Gasteiger charge is 2.17. The lowest BCUT2D eigenvalue weighted by atomic mass is 10.2. The van der Waals surface area contributed by atoms with E-state index in [9.17, 15) is 0 Å². The summed E-state index contributed by atoms with van der Waals surface area (Å²) in [5.41, 5.74) is 3.55. The van der Waals surface area contributed by atoms with Crippen molar-refractivity contribution in [1.29, 1.82) is 0 Å². The summed E-state index contributed by atoms with van der Waals surface area (Å²) in [5.74, 6) is 0. The predicted octanol–water partition coefficient (Wildman–Crippen LogP) is 6.97. The lowest BCUT2D eigenvalue weighted by molar-refractivity contribution is 1.26. The average molecular weight is 623 g/mol. The van der Waals surface area contributed by atoms with Gasteiger partial charge in [-0.05, 0) is 104 Å². The molecule has 0 bridgehead atoms. The molecule has 0 aliphatic heterocycles. The van der Waals surface area contributed by atoms with E-state index in [1.54, 1.807) is 0 Å². The summed E-state index contributed by atoms with van der Waals surface area (Å²) in [4.78, 5) is 2.31. The molecule has 0 spiro atoms. The Morgan fingerprint density at radius 3 is 1.55 bits per heavy atom. The monoisotopic (exact) mass is 623 g/mol. The summed E-state index contributed by atoms with van der Waals surface area (Å²) in [6, 6.07) is 25.4. The molecule has 0 aliphatic rings. The summed E-state index contributed by atoms with van der Waals surface area (Å²) in [6.45, 7) is 0. The van der Waals surface area contributed by atoms with E-state index in [1.165, 1.54) is 27.8 Å². The van der Waals surface area contributed by atoms with Gasteiger partial charge in [0.05, 0.1) is 9.26 Å². The summed E-state index contributed by atoms with van der Waals surface area (Å²) in [7, 11) is 0. The van der Waals surface area contributed by atoms with Gasteiger partial charge < -0.3 is 4.90 Å². The lowest BCUT2D eigenvalue weighted by Gasteiger charge is -2.27. The van der Waals surface area contributed by atoms with Crippen LogP contribution in [0.15, 0.2) is 72.8 Å². The van der Waals surface area contributed by atoms with Crippen LogP contribution < -0.4 is 4.90 Å². The molecule has 0 fully saturated rings. The summed E-state index contributed by atoms with van der Waals surface area (Å²) in [6.07, 6.45) is 0. The molecule has 0 saturated heterocycles. The first kappa shape index (κ1) is 16.5. The Bertz CT molecular complexity index is 734. The number of hydrogen-bond donors (Lipinski definition) is 0. The number of rotatable bonds is 3. The molecule has 1 nitrogen and oxygen atoms in total. The van der Waals surface area contributed by atoms with Gasteiger partial charge in [0.1, 0.15) is 0 Å². The van der Waals surface area contributed by atoms with E-state index in [0.29, 0.717) is 0 Å². The number of para-hydroxylation sites is 2. The Hall–Kier alpha value is -0.350. The highest BCUT2D eigenvalue weighted by molar-refractivity contribution is 14.1. The Kier molecular flexibility index (Phi) is 5.61. The van der Waals surface area contributed by atoms with Gasteiger partial charge in [0.25, 0.3) is 0 Å². The fourth-order valence-corrected chi connectivity index (χ4v) is 4.40. The minimum absolute atomic E-state index is 1.17. The summed E-state index contributed by atoms with van der Waals surface area (Å²) >= 11 is 7.26. The molecule has 0 aliphatic carbocycles. The van der Waals surface area contributed by atoms with E-state index in [-0.39, 0.29) is 0 Å². The van der Waals surface area contributed by atoms with Crippen LogP contribution in [-0.2, 0) is 0 Å². The fourth-order valence-electron chi connectivity index (χ4n) is 2.27. The minimum Gasteiger partial charge on any atom is -0.309 e. The van der Waals surface area contributed by atoms with Crippen molar-refractivity contribution in [2.75, 3.05) is 4.90 Å². The topological polar surface area (TPSA) is 3.24 Å². The molecule has 0 N–H and O–H groups in total. The molecule has 0 aromatic heterocycles. The van der Waals surface area contributed by atoms with Gasteiger partial charge in [0.15, 0.2) is 0 Å². The number of hydrogen-bond acceptors (Lipinski definition) is 1. The molecular weight excluding hydrogens is 611 g/mol. The maximum Gasteiger partial charge on any atom is 0.0606 e. The largest absolute Gasteiger partial charge is 0.309 e. The third-order valence-corrected chi connectivity index (χ3v) is 8.46. The second-order valence-corrected chi connectivity index (χ2v) is 8.02. The van der Waals surface area contributed by atoms with E-state index in [2.05, 4.69) is 145 Å². The van der Waals surface area contributed by atoms with Gasteiger partial charge in [0.2, 0.25) is 0 Å². The maximum atomic E-state index is 2.45. The van der Waals surface area contributed by atoms with Crippen LogP contribution in [0.3, 0.4) is 0 Å². The minimum atomic E-state index is 1.17. The van der Waals surface area contributed by atoms with Gasteiger partial charge in [0, 0.05) is 18.5 Å². The first-order chi connectivity index (χ1) is 10.7. The van der Waals surface area contributed by atoms with Crippen molar-refractivity contribution in [1.82, 2.24) is 0 Å². The van der Waals surface area contributed by atoms with Crippen molar-refractivity contribution in [3.05, 3.63) is 83.5 Å². The molecule has 4 heteroatoms. The number of anilines is 3. The fraction of sp³-hybridized carbons (Fsp3) is 0.